The molecule has 1 fully saturated rings. The summed E-state index contributed by atoms with van der Waals surface area (Å²) in [4.78, 5) is 16.8. The highest BCUT2D eigenvalue weighted by Crippen LogP contribution is 2.23. The lowest BCUT2D eigenvalue weighted by Gasteiger charge is -2.29. The van der Waals surface area contributed by atoms with Crippen LogP contribution in [-0.4, -0.2) is 43.2 Å². The van der Waals surface area contributed by atoms with Gasteiger partial charge in [0.05, 0.1) is 5.69 Å². The Kier molecular flexibility index (Phi) is 5.04. The Hall–Kier alpha value is -3.29. The molecule has 27 heavy (non-hydrogen) atoms. The van der Waals surface area contributed by atoms with Gasteiger partial charge in [-0.1, -0.05) is 12.1 Å². The summed E-state index contributed by atoms with van der Waals surface area (Å²) in [6.07, 6.45) is 6.94. The number of carbonyl (C=O) groups excluding carboxylic acids is 1. The standard InChI is InChI=1S/C19H20N6O2/c26-19(14-4-3-5-16(12-14)25-13-21-23-24-25)22-15-7-9-17(10-8-15)27-18-6-1-2-11-20-18/h1-6,11-13,15,17H,7-10H2,(H,22,26). The first kappa shape index (κ1) is 17.1. The Morgan fingerprint density at radius 1 is 1.11 bits per heavy atom. The van der Waals surface area contributed by atoms with E-state index in [4.69, 9.17) is 4.74 Å². The summed E-state index contributed by atoms with van der Waals surface area (Å²) in [7, 11) is 0. The van der Waals surface area contributed by atoms with Crippen LogP contribution in [-0.2, 0) is 0 Å². The highest BCUT2D eigenvalue weighted by molar-refractivity contribution is 5.94. The van der Waals surface area contributed by atoms with Gasteiger partial charge < -0.3 is 10.1 Å². The molecule has 0 spiro atoms. The molecule has 2 heterocycles. The second-order valence-corrected chi connectivity index (χ2v) is 6.54. The van der Waals surface area contributed by atoms with Gasteiger partial charge in [0, 0.05) is 23.9 Å². The number of aromatic nitrogens is 5. The van der Waals surface area contributed by atoms with Crippen molar-refractivity contribution in [3.05, 3.63) is 60.6 Å². The minimum absolute atomic E-state index is 0.0842. The van der Waals surface area contributed by atoms with Gasteiger partial charge in [-0.25, -0.2) is 9.67 Å². The monoisotopic (exact) mass is 364 g/mol. The Morgan fingerprint density at radius 3 is 2.74 bits per heavy atom. The van der Waals surface area contributed by atoms with Crippen LogP contribution in [0.2, 0.25) is 0 Å². The van der Waals surface area contributed by atoms with Crippen LogP contribution in [0.15, 0.2) is 55.0 Å². The van der Waals surface area contributed by atoms with E-state index in [1.54, 1.807) is 18.3 Å². The topological polar surface area (TPSA) is 94.8 Å². The zero-order valence-corrected chi connectivity index (χ0v) is 14.7. The third-order valence-corrected chi connectivity index (χ3v) is 4.66. The molecular formula is C19H20N6O2. The molecule has 8 heteroatoms. The van der Waals surface area contributed by atoms with Crippen LogP contribution in [0.1, 0.15) is 36.0 Å². The summed E-state index contributed by atoms with van der Waals surface area (Å²) in [5.74, 6) is 0.573. The molecule has 1 aliphatic rings. The van der Waals surface area contributed by atoms with E-state index in [1.807, 2.05) is 30.3 Å². The molecule has 0 saturated heterocycles. The lowest BCUT2D eigenvalue weighted by molar-refractivity contribution is 0.0890. The van der Waals surface area contributed by atoms with Crippen molar-refractivity contribution in [1.29, 1.82) is 0 Å². The number of tetrazole rings is 1. The molecule has 1 aromatic carbocycles. The molecule has 0 unspecified atom stereocenters. The highest BCUT2D eigenvalue weighted by Gasteiger charge is 2.24. The van der Waals surface area contributed by atoms with E-state index >= 15 is 0 Å². The van der Waals surface area contributed by atoms with Crippen molar-refractivity contribution in [2.75, 3.05) is 0 Å². The normalized spacial score (nSPS) is 19.4. The van der Waals surface area contributed by atoms with Gasteiger partial charge in [0.1, 0.15) is 12.4 Å². The number of carbonyl (C=O) groups is 1. The molecule has 138 valence electrons. The average Bonchev–Trinajstić information content (AvgIpc) is 3.25. The lowest BCUT2D eigenvalue weighted by atomic mass is 9.92. The van der Waals surface area contributed by atoms with E-state index < -0.39 is 0 Å². The Labute approximate surface area is 156 Å². The average molecular weight is 364 g/mol. The maximum absolute atomic E-state index is 12.6. The quantitative estimate of drug-likeness (QED) is 0.746. The fourth-order valence-corrected chi connectivity index (χ4v) is 3.25. The fraction of sp³-hybridized carbons (Fsp3) is 0.316. The molecule has 4 rings (SSSR count). The molecule has 2 aromatic heterocycles. The fourth-order valence-electron chi connectivity index (χ4n) is 3.25. The molecule has 1 amide bonds. The number of nitrogens with zero attached hydrogens (tertiary/aromatic N) is 5. The molecule has 1 saturated carbocycles. The number of amides is 1. The van der Waals surface area contributed by atoms with Gasteiger partial charge in [0.15, 0.2) is 0 Å². The summed E-state index contributed by atoms with van der Waals surface area (Å²) in [6, 6.07) is 13.0. The van der Waals surface area contributed by atoms with Crippen molar-refractivity contribution in [2.45, 2.75) is 37.8 Å². The van der Waals surface area contributed by atoms with Gasteiger partial charge in [-0.15, -0.1) is 5.10 Å². The predicted octanol–water partition coefficient (Wildman–Crippen LogP) is 2.18. The van der Waals surface area contributed by atoms with E-state index in [9.17, 15) is 4.79 Å². The van der Waals surface area contributed by atoms with Crippen molar-refractivity contribution in [1.82, 2.24) is 30.5 Å². The number of pyridine rings is 1. The van der Waals surface area contributed by atoms with E-state index in [0.29, 0.717) is 11.4 Å². The van der Waals surface area contributed by atoms with Crippen molar-refractivity contribution >= 4 is 5.91 Å². The van der Waals surface area contributed by atoms with Gasteiger partial charge in [0.2, 0.25) is 5.88 Å². The molecular weight excluding hydrogens is 344 g/mol. The van der Waals surface area contributed by atoms with Crippen LogP contribution < -0.4 is 10.1 Å². The second-order valence-electron chi connectivity index (χ2n) is 6.54. The van der Waals surface area contributed by atoms with Crippen molar-refractivity contribution in [2.24, 2.45) is 0 Å². The van der Waals surface area contributed by atoms with E-state index in [-0.39, 0.29) is 18.1 Å². The van der Waals surface area contributed by atoms with Gasteiger partial charge in [0.25, 0.3) is 5.91 Å². The number of hydrogen-bond donors (Lipinski definition) is 1. The maximum Gasteiger partial charge on any atom is 0.251 e. The van der Waals surface area contributed by atoms with Gasteiger partial charge in [-0.05, 0) is 60.4 Å². The molecule has 3 aromatic rings. The molecule has 0 atom stereocenters. The maximum atomic E-state index is 12.6. The van der Waals surface area contributed by atoms with Crippen LogP contribution in [0.25, 0.3) is 5.69 Å². The molecule has 1 N–H and O–H groups in total. The Morgan fingerprint density at radius 2 is 2.00 bits per heavy atom. The Bertz CT molecular complexity index is 876. The first-order valence-corrected chi connectivity index (χ1v) is 9.00. The number of benzene rings is 1. The first-order valence-electron chi connectivity index (χ1n) is 9.00. The van der Waals surface area contributed by atoms with Crippen LogP contribution >= 0.6 is 0 Å². The van der Waals surface area contributed by atoms with Crippen LogP contribution in [0.3, 0.4) is 0 Å². The molecule has 8 nitrogen and oxygen atoms in total. The summed E-state index contributed by atoms with van der Waals surface area (Å²) < 4.78 is 7.43. The first-order chi connectivity index (χ1) is 13.3. The summed E-state index contributed by atoms with van der Waals surface area (Å²) in [5, 5.41) is 14.2. The van der Waals surface area contributed by atoms with Gasteiger partial charge in [-0.3, -0.25) is 4.79 Å². The predicted molar refractivity (Wildman–Crippen MR) is 97.5 cm³/mol. The summed E-state index contributed by atoms with van der Waals surface area (Å²) >= 11 is 0. The zero-order valence-electron chi connectivity index (χ0n) is 14.7. The smallest absolute Gasteiger partial charge is 0.251 e. The third kappa shape index (κ3) is 4.28. The van der Waals surface area contributed by atoms with E-state index in [0.717, 1.165) is 31.4 Å². The molecule has 0 bridgehead atoms. The number of hydrogen-bond acceptors (Lipinski definition) is 6. The van der Waals surface area contributed by atoms with Crippen molar-refractivity contribution < 1.29 is 9.53 Å². The summed E-state index contributed by atoms with van der Waals surface area (Å²) in [6.45, 7) is 0. The van der Waals surface area contributed by atoms with Gasteiger partial charge >= 0.3 is 0 Å². The van der Waals surface area contributed by atoms with E-state index in [2.05, 4.69) is 25.8 Å². The number of nitrogens with one attached hydrogen (secondary N) is 1. The highest BCUT2D eigenvalue weighted by atomic mass is 16.5. The SMILES string of the molecule is O=C(NC1CCC(Oc2ccccn2)CC1)c1cccc(-n2cnnn2)c1. The minimum atomic E-state index is -0.0842. The van der Waals surface area contributed by atoms with Crippen LogP contribution in [0.4, 0.5) is 0 Å². The largest absolute Gasteiger partial charge is 0.474 e. The van der Waals surface area contributed by atoms with Crippen molar-refractivity contribution in [3.63, 3.8) is 0 Å². The molecule has 1 aliphatic carbocycles. The van der Waals surface area contributed by atoms with Gasteiger partial charge in [-0.2, -0.15) is 0 Å². The molecule has 0 radical (unpaired) electrons. The zero-order chi connectivity index (χ0) is 18.5. The molecule has 0 aliphatic heterocycles. The van der Waals surface area contributed by atoms with Crippen LogP contribution in [0, 0.1) is 0 Å². The third-order valence-electron chi connectivity index (χ3n) is 4.66. The van der Waals surface area contributed by atoms with Crippen molar-refractivity contribution in [3.8, 4) is 11.6 Å². The number of ether oxygens (including phenoxy) is 1. The second kappa shape index (κ2) is 7.94. The van der Waals surface area contributed by atoms with E-state index in [1.165, 1.54) is 11.0 Å². The number of rotatable bonds is 5. The Balaban J connectivity index is 1.31. The van der Waals surface area contributed by atoms with Crippen LogP contribution in [0.5, 0.6) is 5.88 Å². The minimum Gasteiger partial charge on any atom is -0.474 e. The lowest BCUT2D eigenvalue weighted by Crippen LogP contribution is -2.39. The summed E-state index contributed by atoms with van der Waals surface area (Å²) in [5.41, 5.74) is 1.34.